The number of carboxylic acids is 2. The summed E-state index contributed by atoms with van der Waals surface area (Å²) < 4.78 is 11.8. The van der Waals surface area contributed by atoms with Gasteiger partial charge in [0.15, 0.2) is 0 Å². The summed E-state index contributed by atoms with van der Waals surface area (Å²) in [5.74, 6) is -1.69. The molecule has 168 valence electrons. The van der Waals surface area contributed by atoms with Crippen molar-refractivity contribution in [3.8, 4) is 16.9 Å². The Labute approximate surface area is 190 Å². The third-order valence-electron chi connectivity index (χ3n) is 5.36. The van der Waals surface area contributed by atoms with E-state index in [-0.39, 0.29) is 12.8 Å². The molecule has 4 aromatic rings. The summed E-state index contributed by atoms with van der Waals surface area (Å²) in [6.07, 6.45) is 0.217. The lowest BCUT2D eigenvalue weighted by Gasteiger charge is -2.21. The van der Waals surface area contributed by atoms with Crippen molar-refractivity contribution in [2.45, 2.75) is 25.5 Å². The lowest BCUT2D eigenvalue weighted by molar-refractivity contribution is -0.139. The van der Waals surface area contributed by atoms with Crippen LogP contribution in [0.25, 0.3) is 22.1 Å². The molecule has 0 saturated carbocycles. The summed E-state index contributed by atoms with van der Waals surface area (Å²) in [6.45, 7) is 0.389. The Bertz CT molecular complexity index is 1310. The van der Waals surface area contributed by atoms with Gasteiger partial charge in [-0.15, -0.1) is 0 Å². The van der Waals surface area contributed by atoms with Crippen molar-refractivity contribution >= 4 is 22.9 Å². The Balaban J connectivity index is 1.80. The van der Waals surface area contributed by atoms with Gasteiger partial charge < -0.3 is 25.1 Å². The van der Waals surface area contributed by atoms with Crippen LogP contribution in [0.3, 0.4) is 0 Å². The van der Waals surface area contributed by atoms with Gasteiger partial charge in [-0.05, 0) is 47.0 Å². The number of fused-ring (bicyclic) bond motifs is 1. The highest BCUT2D eigenvalue weighted by atomic mass is 16.5. The molecule has 4 rings (SSSR count). The Hall–Kier alpha value is -4.10. The highest BCUT2D eigenvalue weighted by molar-refractivity contribution is 5.93. The first kappa shape index (κ1) is 22.1. The summed E-state index contributed by atoms with van der Waals surface area (Å²) in [6, 6.07) is 20.0. The molecule has 0 amide bonds. The Morgan fingerprint density at radius 3 is 2.55 bits per heavy atom. The zero-order valence-electron chi connectivity index (χ0n) is 17.7. The predicted octanol–water partition coefficient (Wildman–Crippen LogP) is 4.78. The number of carboxylic acid groups (broad SMARTS) is 2. The fourth-order valence-electron chi connectivity index (χ4n) is 3.84. The topological polar surface area (TPSA) is 123 Å². The van der Waals surface area contributed by atoms with Crippen molar-refractivity contribution in [2.75, 3.05) is 0 Å². The van der Waals surface area contributed by atoms with Crippen molar-refractivity contribution in [1.82, 2.24) is 0 Å². The van der Waals surface area contributed by atoms with Crippen LogP contribution in [0.4, 0.5) is 0 Å². The highest BCUT2D eigenvalue weighted by Crippen LogP contribution is 2.36. The van der Waals surface area contributed by atoms with E-state index in [0.29, 0.717) is 29.0 Å². The van der Waals surface area contributed by atoms with Crippen LogP contribution in [0.15, 0.2) is 77.4 Å². The molecule has 3 aromatic carbocycles. The van der Waals surface area contributed by atoms with Gasteiger partial charge in [0, 0.05) is 23.1 Å². The number of rotatable bonds is 9. The van der Waals surface area contributed by atoms with E-state index in [1.807, 2.05) is 42.5 Å². The van der Waals surface area contributed by atoms with Gasteiger partial charge in [0.2, 0.25) is 0 Å². The molecular formula is C26H23NO6. The Morgan fingerprint density at radius 2 is 1.79 bits per heavy atom. The number of para-hydroxylation sites is 1. The van der Waals surface area contributed by atoms with E-state index in [1.165, 1.54) is 0 Å². The molecule has 0 radical (unpaired) electrons. The van der Waals surface area contributed by atoms with Crippen LogP contribution in [-0.2, 0) is 22.6 Å². The summed E-state index contributed by atoms with van der Waals surface area (Å²) in [4.78, 5) is 22.9. The van der Waals surface area contributed by atoms with Crippen molar-refractivity contribution in [3.63, 3.8) is 0 Å². The van der Waals surface area contributed by atoms with Gasteiger partial charge in [-0.1, -0.05) is 36.4 Å². The highest BCUT2D eigenvalue weighted by Gasteiger charge is 2.22. The van der Waals surface area contributed by atoms with Gasteiger partial charge in [0.25, 0.3) is 0 Å². The molecule has 1 heterocycles. The van der Waals surface area contributed by atoms with E-state index in [4.69, 9.17) is 14.9 Å². The molecule has 7 heteroatoms. The zero-order valence-corrected chi connectivity index (χ0v) is 17.7. The standard InChI is InChI=1S/C26H23NO6/c27-15-16-4-3-6-17(10-16)21-12-20(11-19-8-9-32-26(19)21)23(14-25(30)31)33-22-7-2-1-5-18(22)13-24(28)29/h1-12,23H,13-15,27H2,(H,28,29)(H,30,31). The molecular weight excluding hydrogens is 422 g/mol. The summed E-state index contributed by atoms with van der Waals surface area (Å²) >= 11 is 0. The molecule has 0 aliphatic carbocycles. The number of furan rings is 1. The maximum Gasteiger partial charge on any atom is 0.307 e. The largest absolute Gasteiger partial charge is 0.485 e. The predicted molar refractivity (Wildman–Crippen MR) is 123 cm³/mol. The van der Waals surface area contributed by atoms with Crippen LogP contribution >= 0.6 is 0 Å². The number of carbonyl (C=O) groups is 2. The maximum absolute atomic E-state index is 11.7. The fourth-order valence-corrected chi connectivity index (χ4v) is 3.84. The first-order valence-corrected chi connectivity index (χ1v) is 10.4. The summed E-state index contributed by atoms with van der Waals surface area (Å²) in [7, 11) is 0. The summed E-state index contributed by atoms with van der Waals surface area (Å²) in [5.41, 5.74) is 10.2. The van der Waals surface area contributed by atoms with E-state index in [1.54, 1.807) is 30.5 Å². The van der Waals surface area contributed by atoms with Crippen LogP contribution < -0.4 is 10.5 Å². The number of nitrogens with two attached hydrogens (primary N) is 1. The van der Waals surface area contributed by atoms with E-state index < -0.39 is 18.0 Å². The minimum atomic E-state index is -1.03. The van der Waals surface area contributed by atoms with Gasteiger partial charge >= 0.3 is 11.9 Å². The second kappa shape index (κ2) is 9.58. The molecule has 1 atom stereocenters. The van der Waals surface area contributed by atoms with E-state index in [0.717, 1.165) is 22.1 Å². The normalized spacial score (nSPS) is 11.9. The number of aliphatic carboxylic acids is 2. The average Bonchev–Trinajstić information content (AvgIpc) is 3.27. The third kappa shape index (κ3) is 5.05. The maximum atomic E-state index is 11.7. The second-order valence-electron chi connectivity index (χ2n) is 7.69. The van der Waals surface area contributed by atoms with Gasteiger partial charge in [-0.2, -0.15) is 0 Å². The second-order valence-corrected chi connectivity index (χ2v) is 7.69. The molecule has 0 aliphatic rings. The molecule has 0 aliphatic heterocycles. The lowest BCUT2D eigenvalue weighted by atomic mass is 9.95. The smallest absolute Gasteiger partial charge is 0.307 e. The number of hydrogen-bond acceptors (Lipinski definition) is 5. The van der Waals surface area contributed by atoms with Gasteiger partial charge in [-0.3, -0.25) is 9.59 Å². The van der Waals surface area contributed by atoms with Gasteiger partial charge in [-0.25, -0.2) is 0 Å². The molecule has 1 unspecified atom stereocenters. The van der Waals surface area contributed by atoms with E-state index >= 15 is 0 Å². The molecule has 1 aromatic heterocycles. The molecule has 0 saturated heterocycles. The number of benzene rings is 3. The molecule has 7 nitrogen and oxygen atoms in total. The van der Waals surface area contributed by atoms with Crippen LogP contribution in [0.1, 0.15) is 29.2 Å². The molecule has 33 heavy (non-hydrogen) atoms. The monoisotopic (exact) mass is 445 g/mol. The quantitative estimate of drug-likeness (QED) is 0.339. The van der Waals surface area contributed by atoms with E-state index in [9.17, 15) is 19.8 Å². The van der Waals surface area contributed by atoms with Crippen LogP contribution in [0, 0.1) is 0 Å². The van der Waals surface area contributed by atoms with Crippen molar-refractivity contribution in [3.05, 3.63) is 89.7 Å². The molecule has 0 fully saturated rings. The fraction of sp³-hybridized carbons (Fsp3) is 0.154. The van der Waals surface area contributed by atoms with Gasteiger partial charge in [0.1, 0.15) is 17.4 Å². The lowest BCUT2D eigenvalue weighted by Crippen LogP contribution is -2.14. The minimum Gasteiger partial charge on any atom is -0.485 e. The minimum absolute atomic E-state index is 0.228. The van der Waals surface area contributed by atoms with Crippen molar-refractivity contribution in [2.24, 2.45) is 5.73 Å². The molecule has 0 bridgehead atoms. The first-order valence-electron chi connectivity index (χ1n) is 10.4. The number of hydrogen-bond donors (Lipinski definition) is 3. The van der Waals surface area contributed by atoms with Crippen LogP contribution in [-0.4, -0.2) is 22.2 Å². The number of ether oxygens (including phenoxy) is 1. The Kier molecular flexibility index (Phi) is 6.42. The van der Waals surface area contributed by atoms with Crippen LogP contribution in [0.2, 0.25) is 0 Å². The first-order chi connectivity index (χ1) is 15.9. The van der Waals surface area contributed by atoms with E-state index in [2.05, 4.69) is 0 Å². The van der Waals surface area contributed by atoms with Gasteiger partial charge in [0.05, 0.1) is 19.1 Å². The zero-order chi connectivity index (χ0) is 23.4. The molecule has 0 spiro atoms. The van der Waals surface area contributed by atoms with Crippen molar-refractivity contribution in [1.29, 1.82) is 0 Å². The van der Waals surface area contributed by atoms with Crippen LogP contribution in [0.5, 0.6) is 5.75 Å². The SMILES string of the molecule is NCc1cccc(-c2cc(C(CC(=O)O)Oc3ccccc3CC(=O)O)cc3ccoc23)c1. The molecule has 4 N–H and O–H groups in total. The average molecular weight is 445 g/mol. The summed E-state index contributed by atoms with van der Waals surface area (Å²) in [5, 5.41) is 19.6. The third-order valence-corrected chi connectivity index (χ3v) is 5.36. The van der Waals surface area contributed by atoms with Crippen molar-refractivity contribution < 1.29 is 29.0 Å². The Morgan fingerprint density at radius 1 is 0.970 bits per heavy atom.